The lowest BCUT2D eigenvalue weighted by atomic mass is 9.95. The molecule has 22 heavy (non-hydrogen) atoms. The van der Waals surface area contributed by atoms with Gasteiger partial charge in [-0.05, 0) is 43.1 Å². The van der Waals surface area contributed by atoms with Gasteiger partial charge in [-0.3, -0.25) is 0 Å². The van der Waals surface area contributed by atoms with Crippen LogP contribution >= 0.6 is 0 Å². The summed E-state index contributed by atoms with van der Waals surface area (Å²) >= 11 is 0. The highest BCUT2D eigenvalue weighted by atomic mass is 32.2. The number of benzene rings is 2. The summed E-state index contributed by atoms with van der Waals surface area (Å²) < 4.78 is 27.4. The van der Waals surface area contributed by atoms with E-state index in [1.54, 1.807) is 12.1 Å². The molecule has 0 amide bonds. The normalized spacial score (nSPS) is 18.0. The quantitative estimate of drug-likeness (QED) is 0.909. The van der Waals surface area contributed by atoms with Crippen molar-refractivity contribution in [1.29, 1.82) is 0 Å². The maximum atomic E-state index is 12.4. The summed E-state index contributed by atoms with van der Waals surface area (Å²) in [6.07, 6.45) is 0.984. The molecule has 0 saturated heterocycles. The van der Waals surface area contributed by atoms with Crippen molar-refractivity contribution in [3.05, 3.63) is 65.2 Å². The molecule has 1 heterocycles. The molecule has 2 N–H and O–H groups in total. The van der Waals surface area contributed by atoms with Gasteiger partial charge in [0.25, 0.3) is 0 Å². The zero-order valence-electron chi connectivity index (χ0n) is 12.5. The molecule has 0 bridgehead atoms. The minimum absolute atomic E-state index is 0.0187. The van der Waals surface area contributed by atoms with Crippen molar-refractivity contribution in [2.75, 3.05) is 13.1 Å². The van der Waals surface area contributed by atoms with Crippen LogP contribution in [0.1, 0.15) is 22.7 Å². The van der Waals surface area contributed by atoms with Crippen molar-refractivity contribution >= 4 is 10.0 Å². The Balaban J connectivity index is 1.74. The van der Waals surface area contributed by atoms with Gasteiger partial charge >= 0.3 is 0 Å². The van der Waals surface area contributed by atoms with Crippen molar-refractivity contribution in [2.24, 2.45) is 0 Å². The monoisotopic (exact) mass is 316 g/mol. The first kappa shape index (κ1) is 15.2. The van der Waals surface area contributed by atoms with E-state index >= 15 is 0 Å². The van der Waals surface area contributed by atoms with Crippen molar-refractivity contribution in [3.63, 3.8) is 0 Å². The van der Waals surface area contributed by atoms with Gasteiger partial charge in [0.05, 0.1) is 4.90 Å². The predicted molar refractivity (Wildman–Crippen MR) is 87.3 cm³/mol. The van der Waals surface area contributed by atoms with E-state index in [1.165, 1.54) is 11.1 Å². The van der Waals surface area contributed by atoms with Crippen LogP contribution in [0, 0.1) is 6.92 Å². The first-order chi connectivity index (χ1) is 10.6. The SMILES string of the molecule is Cc1ccc(S(=O)(=O)NC[C@H]2NCCc3ccccc32)cc1. The zero-order chi connectivity index (χ0) is 15.6. The third-order valence-electron chi connectivity index (χ3n) is 4.02. The van der Waals surface area contributed by atoms with Gasteiger partial charge in [0.15, 0.2) is 0 Å². The van der Waals surface area contributed by atoms with E-state index < -0.39 is 10.0 Å². The Hall–Kier alpha value is -1.69. The molecule has 1 aliphatic heterocycles. The molecule has 5 heteroatoms. The average Bonchev–Trinajstić information content (AvgIpc) is 2.53. The zero-order valence-corrected chi connectivity index (χ0v) is 13.4. The lowest BCUT2D eigenvalue weighted by molar-refractivity contribution is 0.491. The standard InChI is InChI=1S/C17H20N2O2S/c1-13-6-8-15(9-7-13)22(20,21)19-12-17-16-5-3-2-4-14(16)10-11-18-17/h2-9,17-19H,10-12H2,1H3/t17-/m1/s1. The highest BCUT2D eigenvalue weighted by Crippen LogP contribution is 2.22. The first-order valence-corrected chi connectivity index (χ1v) is 8.92. The molecule has 0 aromatic heterocycles. The molecule has 0 radical (unpaired) electrons. The number of sulfonamides is 1. The van der Waals surface area contributed by atoms with Crippen molar-refractivity contribution in [2.45, 2.75) is 24.3 Å². The second kappa shape index (κ2) is 6.20. The van der Waals surface area contributed by atoms with Crippen LogP contribution in [0.3, 0.4) is 0 Å². The van der Waals surface area contributed by atoms with Crippen LogP contribution in [0.4, 0.5) is 0 Å². The van der Waals surface area contributed by atoms with Crippen molar-refractivity contribution in [3.8, 4) is 0 Å². The Kier molecular flexibility index (Phi) is 4.29. The molecule has 2 aromatic carbocycles. The highest BCUT2D eigenvalue weighted by Gasteiger charge is 2.22. The van der Waals surface area contributed by atoms with Crippen LogP contribution in [0.25, 0.3) is 0 Å². The van der Waals surface area contributed by atoms with Crippen LogP contribution in [0.5, 0.6) is 0 Å². The van der Waals surface area contributed by atoms with E-state index in [1.807, 2.05) is 31.2 Å². The fraction of sp³-hybridized carbons (Fsp3) is 0.294. The van der Waals surface area contributed by atoms with Crippen LogP contribution < -0.4 is 10.0 Å². The summed E-state index contributed by atoms with van der Waals surface area (Å²) in [5, 5.41) is 3.38. The van der Waals surface area contributed by atoms with E-state index in [0.29, 0.717) is 11.4 Å². The van der Waals surface area contributed by atoms with Crippen LogP contribution in [-0.2, 0) is 16.4 Å². The second-order valence-corrected chi connectivity index (χ2v) is 7.39. The first-order valence-electron chi connectivity index (χ1n) is 7.44. The number of nitrogens with one attached hydrogen (secondary N) is 2. The Bertz CT molecular complexity index is 754. The lowest BCUT2D eigenvalue weighted by Crippen LogP contribution is -2.38. The van der Waals surface area contributed by atoms with E-state index in [0.717, 1.165) is 18.5 Å². The average molecular weight is 316 g/mol. The summed E-state index contributed by atoms with van der Waals surface area (Å²) in [7, 11) is -3.47. The Morgan fingerprint density at radius 2 is 1.86 bits per heavy atom. The van der Waals surface area contributed by atoms with Crippen molar-refractivity contribution in [1.82, 2.24) is 10.0 Å². The maximum Gasteiger partial charge on any atom is 0.240 e. The number of hydrogen-bond donors (Lipinski definition) is 2. The summed E-state index contributed by atoms with van der Waals surface area (Å²) in [6.45, 7) is 3.16. The van der Waals surface area contributed by atoms with Crippen LogP contribution in [0.2, 0.25) is 0 Å². The van der Waals surface area contributed by atoms with E-state index in [9.17, 15) is 8.42 Å². The molecule has 0 unspecified atom stereocenters. The molecule has 1 aliphatic rings. The molecule has 0 spiro atoms. The van der Waals surface area contributed by atoms with E-state index in [4.69, 9.17) is 0 Å². The van der Waals surface area contributed by atoms with Gasteiger partial charge in [0, 0.05) is 12.6 Å². The number of rotatable bonds is 4. The molecule has 1 atom stereocenters. The molecule has 0 aliphatic carbocycles. The largest absolute Gasteiger partial charge is 0.308 e. The number of aryl methyl sites for hydroxylation is 1. The fourth-order valence-corrected chi connectivity index (χ4v) is 3.82. The Labute approximate surface area is 131 Å². The highest BCUT2D eigenvalue weighted by molar-refractivity contribution is 7.89. The third-order valence-corrected chi connectivity index (χ3v) is 5.46. The van der Waals surface area contributed by atoms with E-state index in [2.05, 4.69) is 22.2 Å². The smallest absolute Gasteiger partial charge is 0.240 e. The summed E-state index contributed by atoms with van der Waals surface area (Å²) in [4.78, 5) is 0.308. The summed E-state index contributed by atoms with van der Waals surface area (Å²) in [5.74, 6) is 0. The summed E-state index contributed by atoms with van der Waals surface area (Å²) in [6, 6.07) is 15.1. The number of fused-ring (bicyclic) bond motifs is 1. The fourth-order valence-electron chi connectivity index (χ4n) is 2.77. The summed E-state index contributed by atoms with van der Waals surface area (Å²) in [5.41, 5.74) is 3.52. The van der Waals surface area contributed by atoms with Gasteiger partial charge in [-0.2, -0.15) is 0 Å². The van der Waals surface area contributed by atoms with Crippen molar-refractivity contribution < 1.29 is 8.42 Å². The Morgan fingerprint density at radius 1 is 1.14 bits per heavy atom. The topological polar surface area (TPSA) is 58.2 Å². The van der Waals surface area contributed by atoms with Gasteiger partial charge in [0.2, 0.25) is 10.0 Å². The minimum Gasteiger partial charge on any atom is -0.308 e. The third kappa shape index (κ3) is 3.21. The molecule has 3 rings (SSSR count). The molecule has 4 nitrogen and oxygen atoms in total. The molecular weight excluding hydrogens is 296 g/mol. The molecule has 0 fully saturated rings. The molecular formula is C17H20N2O2S. The number of hydrogen-bond acceptors (Lipinski definition) is 3. The van der Waals surface area contributed by atoms with Gasteiger partial charge in [-0.25, -0.2) is 13.1 Å². The van der Waals surface area contributed by atoms with Gasteiger partial charge in [-0.1, -0.05) is 42.0 Å². The molecule has 0 saturated carbocycles. The van der Waals surface area contributed by atoms with Gasteiger partial charge < -0.3 is 5.32 Å². The Morgan fingerprint density at radius 3 is 2.64 bits per heavy atom. The lowest BCUT2D eigenvalue weighted by Gasteiger charge is -2.27. The second-order valence-electron chi connectivity index (χ2n) is 5.62. The maximum absolute atomic E-state index is 12.4. The molecule has 2 aromatic rings. The van der Waals surface area contributed by atoms with Gasteiger partial charge in [0.1, 0.15) is 0 Å². The molecule has 116 valence electrons. The van der Waals surface area contributed by atoms with Gasteiger partial charge in [-0.15, -0.1) is 0 Å². The van der Waals surface area contributed by atoms with Crippen LogP contribution in [0.15, 0.2) is 53.4 Å². The predicted octanol–water partition coefficient (Wildman–Crippen LogP) is 2.16. The van der Waals surface area contributed by atoms with E-state index in [-0.39, 0.29) is 6.04 Å². The van der Waals surface area contributed by atoms with Crippen LogP contribution in [-0.4, -0.2) is 21.5 Å². The minimum atomic E-state index is -3.47.